The molecule has 5 aliphatic rings. The van der Waals surface area contributed by atoms with Crippen LogP contribution >= 0.6 is 0 Å². The van der Waals surface area contributed by atoms with Gasteiger partial charge >= 0.3 is 30.4 Å². The molecule has 96 heavy (non-hydrogen) atoms. The van der Waals surface area contributed by atoms with E-state index in [0.717, 1.165) is 51.0 Å². The Labute approximate surface area is 547 Å². The minimum atomic E-state index is -4.73. The molecule has 2 saturated carbocycles. The summed E-state index contributed by atoms with van der Waals surface area (Å²) in [5.74, 6) is -3.31. The molecule has 3 saturated heterocycles. The van der Waals surface area contributed by atoms with E-state index in [1.807, 2.05) is 0 Å². The minimum Gasteiger partial charge on any atom is -0.494 e. The van der Waals surface area contributed by atoms with Gasteiger partial charge in [0.1, 0.15) is 51.6 Å². The molecule has 6 aromatic rings. The number of hydrogen-bond donors (Lipinski definition) is 4. The number of carbonyl (C=O) groups excluding carboxylic acids is 7. The molecule has 6 atom stereocenters. The molecule has 5 fully saturated rings. The lowest BCUT2D eigenvalue weighted by Crippen LogP contribution is -2.43. The molecule has 5 N–H and O–H groups in total. The number of carbonyl (C=O) groups is 7. The van der Waals surface area contributed by atoms with E-state index < -0.39 is 95.4 Å². The fourth-order valence-electron chi connectivity index (χ4n) is 11.1. The van der Waals surface area contributed by atoms with E-state index in [2.05, 4.69) is 35.9 Å². The summed E-state index contributed by atoms with van der Waals surface area (Å²) in [4.78, 5) is 111. The average Bonchev–Trinajstić information content (AvgIpc) is 1.40. The fourth-order valence-corrected chi connectivity index (χ4v) is 11.1. The van der Waals surface area contributed by atoms with Crippen LogP contribution in [0.5, 0.6) is 11.5 Å². The number of esters is 2. The first-order valence-corrected chi connectivity index (χ1v) is 31.4. The van der Waals surface area contributed by atoms with E-state index in [1.165, 1.54) is 80.2 Å². The number of aromatic nitrogens is 4. The number of fused-ring (bicyclic) bond motifs is 2. The molecule has 25 nitrogen and oxygen atoms in total. The monoisotopic (exact) mass is 1350 g/mol. The predicted octanol–water partition coefficient (Wildman–Crippen LogP) is 9.58. The highest BCUT2D eigenvalue weighted by molar-refractivity contribution is 6.01. The van der Waals surface area contributed by atoms with E-state index in [4.69, 9.17) is 43.0 Å². The molecule has 2 aromatic carbocycles. The molecule has 4 aromatic heterocycles. The third-order valence-electron chi connectivity index (χ3n) is 16.0. The summed E-state index contributed by atoms with van der Waals surface area (Å²) in [6.07, 6.45) is -4.27. The van der Waals surface area contributed by atoms with Crippen LogP contribution in [0.4, 0.5) is 31.1 Å². The molecule has 0 bridgehead atoms. The van der Waals surface area contributed by atoms with E-state index in [0.29, 0.717) is 0 Å². The number of oxazole rings is 2. The Balaban J connectivity index is 0.000000212. The number of alkyl carbamates (subject to hydrolysis) is 1. The van der Waals surface area contributed by atoms with Gasteiger partial charge in [-0.05, 0) is 136 Å². The number of alkyl halides is 6. The summed E-state index contributed by atoms with van der Waals surface area (Å²) in [7, 11) is 2.60. The third-order valence-corrected chi connectivity index (χ3v) is 16.0. The van der Waals surface area contributed by atoms with Crippen LogP contribution in [0.25, 0.3) is 44.7 Å². The van der Waals surface area contributed by atoms with Crippen LogP contribution in [-0.4, -0.2) is 155 Å². The molecule has 518 valence electrons. The van der Waals surface area contributed by atoms with Crippen molar-refractivity contribution in [2.45, 2.75) is 154 Å². The van der Waals surface area contributed by atoms with Gasteiger partial charge in [-0.2, -0.15) is 26.3 Å². The van der Waals surface area contributed by atoms with Gasteiger partial charge in [-0.25, -0.2) is 34.3 Å². The van der Waals surface area contributed by atoms with Crippen molar-refractivity contribution in [3.05, 3.63) is 82.8 Å². The van der Waals surface area contributed by atoms with Crippen molar-refractivity contribution in [2.75, 3.05) is 53.7 Å². The van der Waals surface area contributed by atoms with Crippen LogP contribution in [0.15, 0.2) is 57.4 Å². The number of methoxy groups -OCH3 is 2. The van der Waals surface area contributed by atoms with E-state index >= 15 is 0 Å². The summed E-state index contributed by atoms with van der Waals surface area (Å²) in [5.41, 5.74) is 2.84. The van der Waals surface area contributed by atoms with Crippen molar-refractivity contribution in [3.63, 3.8) is 0 Å². The summed E-state index contributed by atoms with van der Waals surface area (Å²) < 4.78 is 124. The summed E-state index contributed by atoms with van der Waals surface area (Å²) in [6, 6.07) is 5.02. The Morgan fingerprint density at radius 2 is 1.03 bits per heavy atom. The summed E-state index contributed by atoms with van der Waals surface area (Å²) >= 11 is 0. The summed E-state index contributed by atoms with van der Waals surface area (Å²) in [5, 5.41) is 8.86. The van der Waals surface area contributed by atoms with Gasteiger partial charge in [-0.1, -0.05) is 0 Å². The molecular formula is C65H76F6N10O15. The minimum absolute atomic E-state index is 0.0203. The standard InChI is InChI=1S/C33H38F3N5O8.C28H30F3N5O6.C4H8O/c1-7-47-30(44)21-14-18(38-27(42)17-8-9-17)15-41(21)29(43)25-26(16(2)37-31(45)49-32(3,4)5)48-28(40-25)20-10-12-22(46-6)24-19(20)11-13-23(39-24)33(34,35)36;1-4-41-27(39)18-11-15(33-24(37)14-5-6-14)12-36(18)26(38)22-23(13(2)32)42-25(35-22)17-7-9-19(40-3)21-16(17)8-10-20(34-21)28(29,30)31;1-2-4-5-3-1/h10-13,16-18,21H,7-9,14-15H2,1-6H3,(H,37,45)(H,38,42);7-10,13-15,18H,4-6,11-12,32H2,1-3H3,(H,33,37);1-4H2/t16-,18+,21-;13-,15+,18-;/m00./s1. The number of hydrogen-bond acceptors (Lipinski definition) is 20. The SMILES string of the molecule is C1CCOC1.CCOC(=O)[C@@H]1C[C@@H](NC(=O)C2CC2)CN1C(=O)c1nc(-c2ccc(OC)c3nc(C(F)(F)F)ccc23)oc1[C@H](C)N.CCOC(=O)[C@@H]1C[C@@H](NC(=O)C2CC2)CN1C(=O)c1nc(-c2ccc(OC)c3nc(C(F)(F)F)ccc23)oc1[C@H](C)NC(=O)OC(C)(C)C. The Morgan fingerprint density at radius 3 is 1.39 bits per heavy atom. The second-order valence-electron chi connectivity index (χ2n) is 24.6. The number of rotatable bonds is 17. The quantitative estimate of drug-likeness (QED) is 0.0375. The number of pyridine rings is 2. The van der Waals surface area contributed by atoms with Crippen LogP contribution < -0.4 is 31.2 Å². The fraction of sp³-hybridized carbons (Fsp3) is 0.523. The smallest absolute Gasteiger partial charge is 0.433 e. The first kappa shape index (κ1) is 71.2. The Kier molecular flexibility index (Phi) is 21.8. The lowest BCUT2D eigenvalue weighted by molar-refractivity contribution is -0.148. The number of benzene rings is 2. The number of nitrogens with two attached hydrogens (primary N) is 1. The van der Waals surface area contributed by atoms with Crippen LogP contribution in [0.2, 0.25) is 0 Å². The van der Waals surface area contributed by atoms with E-state index in [1.54, 1.807) is 41.5 Å². The normalized spacial score (nSPS) is 19.3. The van der Waals surface area contributed by atoms with Gasteiger partial charge in [0, 0.05) is 85.0 Å². The Morgan fingerprint density at radius 1 is 0.615 bits per heavy atom. The highest BCUT2D eigenvalue weighted by atomic mass is 19.4. The first-order chi connectivity index (χ1) is 45.4. The van der Waals surface area contributed by atoms with Gasteiger partial charge in [-0.3, -0.25) is 19.2 Å². The number of likely N-dealkylation sites (tertiary alicyclic amines) is 2. The zero-order valence-electron chi connectivity index (χ0n) is 54.3. The van der Waals surface area contributed by atoms with Crippen LogP contribution in [-0.2, 0) is 50.5 Å². The highest BCUT2D eigenvalue weighted by Crippen LogP contribution is 2.41. The Bertz CT molecular complexity index is 3870. The molecule has 0 unspecified atom stereocenters. The predicted molar refractivity (Wildman–Crippen MR) is 329 cm³/mol. The third kappa shape index (κ3) is 16.7. The van der Waals surface area contributed by atoms with Gasteiger partial charge in [-0.15, -0.1) is 0 Å². The number of halogens is 6. The second-order valence-corrected chi connectivity index (χ2v) is 24.6. The molecular weight excluding hydrogens is 1270 g/mol. The van der Waals surface area contributed by atoms with Gasteiger partial charge in [0.05, 0.1) is 39.5 Å². The van der Waals surface area contributed by atoms with Gasteiger partial charge in [0.15, 0.2) is 22.9 Å². The summed E-state index contributed by atoms with van der Waals surface area (Å²) in [6.45, 7) is 13.6. The maximum absolute atomic E-state index is 14.3. The topological polar surface area (TPSA) is 321 Å². The van der Waals surface area contributed by atoms with Gasteiger partial charge in [0.2, 0.25) is 23.6 Å². The van der Waals surface area contributed by atoms with Gasteiger partial charge in [0.25, 0.3) is 11.8 Å². The number of ether oxygens (including phenoxy) is 6. The number of nitrogens with zero attached hydrogens (tertiary/aromatic N) is 6. The van der Waals surface area contributed by atoms with Crippen molar-refractivity contribution < 1.29 is 97.2 Å². The largest absolute Gasteiger partial charge is 0.494 e. The first-order valence-electron chi connectivity index (χ1n) is 31.4. The highest BCUT2D eigenvalue weighted by Gasteiger charge is 2.47. The van der Waals surface area contributed by atoms with Crippen molar-refractivity contribution in [2.24, 2.45) is 17.6 Å². The maximum Gasteiger partial charge on any atom is 0.433 e. The molecule has 31 heteroatoms. The number of nitrogens with one attached hydrogen (secondary N) is 3. The molecule has 0 radical (unpaired) electrons. The van der Waals surface area contributed by atoms with Gasteiger partial charge < -0.3 is 68.7 Å². The molecule has 11 rings (SSSR count). The Hall–Kier alpha value is -9.13. The average molecular weight is 1350 g/mol. The van der Waals surface area contributed by atoms with Crippen LogP contribution in [0.1, 0.15) is 156 Å². The van der Waals surface area contributed by atoms with Crippen molar-refractivity contribution >= 4 is 63.5 Å². The second kappa shape index (κ2) is 29.5. The van der Waals surface area contributed by atoms with E-state index in [-0.39, 0.29) is 142 Å². The molecule has 0 spiro atoms. The molecule has 5 amide bonds. The zero-order chi connectivity index (χ0) is 69.7. The van der Waals surface area contributed by atoms with Crippen molar-refractivity contribution in [1.82, 2.24) is 45.7 Å². The number of amides is 5. The molecule has 3 aliphatic heterocycles. The van der Waals surface area contributed by atoms with Crippen LogP contribution in [0, 0.1) is 11.8 Å². The lowest BCUT2D eigenvalue weighted by Gasteiger charge is -2.23. The van der Waals surface area contributed by atoms with E-state index in [9.17, 15) is 59.9 Å². The molecule has 7 heterocycles. The molecule has 2 aliphatic carbocycles. The maximum atomic E-state index is 14.3. The van der Waals surface area contributed by atoms with Crippen molar-refractivity contribution in [1.29, 1.82) is 0 Å². The van der Waals surface area contributed by atoms with Crippen LogP contribution in [0.3, 0.4) is 0 Å². The lowest BCUT2D eigenvalue weighted by atomic mass is 10.1. The van der Waals surface area contributed by atoms with Crippen molar-refractivity contribution in [3.8, 4) is 34.4 Å². The zero-order valence-corrected chi connectivity index (χ0v) is 54.3.